The second kappa shape index (κ2) is 9.16. The van der Waals surface area contributed by atoms with Crippen LogP contribution in [-0.2, 0) is 20.4 Å². The van der Waals surface area contributed by atoms with Crippen molar-refractivity contribution in [2.45, 2.75) is 23.5 Å². The van der Waals surface area contributed by atoms with Gasteiger partial charge < -0.3 is 10.6 Å². The number of rotatable bonds is 5. The van der Waals surface area contributed by atoms with Crippen LogP contribution in [0.3, 0.4) is 0 Å². The standard InChI is InChI=1S/C19H22N2O3S.ClH/c22-19(16-9-11-20-12-10-16)21-17-6-4-5-15(13-17)14-25(23,24)18-7-2-1-3-8-18;/h1-8,13,16,20H,9-12,14H2,(H,21,22);1H. The van der Waals surface area contributed by atoms with E-state index in [0.29, 0.717) is 16.1 Å². The van der Waals surface area contributed by atoms with Gasteiger partial charge in [0.1, 0.15) is 0 Å². The van der Waals surface area contributed by atoms with Gasteiger partial charge in [0.25, 0.3) is 0 Å². The van der Waals surface area contributed by atoms with Gasteiger partial charge in [-0.15, -0.1) is 12.4 Å². The maximum atomic E-state index is 12.5. The van der Waals surface area contributed by atoms with E-state index < -0.39 is 9.84 Å². The number of amides is 1. The molecule has 2 aromatic rings. The monoisotopic (exact) mass is 394 g/mol. The van der Waals surface area contributed by atoms with Crippen molar-refractivity contribution in [3.05, 3.63) is 60.2 Å². The number of hydrogen-bond donors (Lipinski definition) is 2. The van der Waals surface area contributed by atoms with Gasteiger partial charge in [-0.05, 0) is 55.8 Å². The van der Waals surface area contributed by atoms with E-state index in [2.05, 4.69) is 10.6 Å². The lowest BCUT2D eigenvalue weighted by atomic mass is 9.97. The number of benzene rings is 2. The fourth-order valence-corrected chi connectivity index (χ4v) is 4.35. The molecule has 7 heteroatoms. The van der Waals surface area contributed by atoms with Gasteiger partial charge in [-0.25, -0.2) is 8.42 Å². The Morgan fingerprint density at radius 1 is 1.04 bits per heavy atom. The van der Waals surface area contributed by atoms with Crippen LogP contribution in [-0.4, -0.2) is 27.4 Å². The van der Waals surface area contributed by atoms with Crippen molar-refractivity contribution >= 4 is 33.8 Å². The van der Waals surface area contributed by atoms with Gasteiger partial charge in [0.05, 0.1) is 10.6 Å². The summed E-state index contributed by atoms with van der Waals surface area (Å²) in [6, 6.07) is 15.5. The maximum Gasteiger partial charge on any atom is 0.227 e. The summed E-state index contributed by atoms with van der Waals surface area (Å²) in [5, 5.41) is 6.15. The van der Waals surface area contributed by atoms with E-state index >= 15 is 0 Å². The normalized spacial score (nSPS) is 15.1. The number of halogens is 1. The summed E-state index contributed by atoms with van der Waals surface area (Å²) in [6.45, 7) is 1.71. The van der Waals surface area contributed by atoms with Gasteiger partial charge >= 0.3 is 0 Å². The topological polar surface area (TPSA) is 75.3 Å². The highest BCUT2D eigenvalue weighted by Gasteiger charge is 2.21. The molecule has 0 radical (unpaired) electrons. The summed E-state index contributed by atoms with van der Waals surface area (Å²) in [5.41, 5.74) is 1.30. The molecular formula is C19H23ClN2O3S. The zero-order chi connectivity index (χ0) is 17.7. The minimum Gasteiger partial charge on any atom is -0.326 e. The average Bonchev–Trinajstić information content (AvgIpc) is 2.63. The molecule has 5 nitrogen and oxygen atoms in total. The fraction of sp³-hybridized carbons (Fsp3) is 0.316. The Hall–Kier alpha value is -1.89. The highest BCUT2D eigenvalue weighted by Crippen LogP contribution is 2.20. The van der Waals surface area contributed by atoms with E-state index in [9.17, 15) is 13.2 Å². The van der Waals surface area contributed by atoms with Gasteiger partial charge in [-0.1, -0.05) is 30.3 Å². The molecule has 0 saturated carbocycles. The SMILES string of the molecule is Cl.O=C(Nc1cccc(CS(=O)(=O)c2ccccc2)c1)C1CCNCC1. The molecule has 1 aliphatic heterocycles. The molecule has 2 N–H and O–H groups in total. The van der Waals surface area contributed by atoms with Crippen LogP contribution in [0.25, 0.3) is 0 Å². The van der Waals surface area contributed by atoms with Crippen molar-refractivity contribution in [1.29, 1.82) is 0 Å². The Labute approximate surface area is 160 Å². The van der Waals surface area contributed by atoms with Crippen LogP contribution in [0.4, 0.5) is 5.69 Å². The number of carbonyl (C=O) groups is 1. The van der Waals surface area contributed by atoms with E-state index in [1.165, 1.54) is 0 Å². The first-order chi connectivity index (χ1) is 12.0. The molecule has 0 unspecified atom stereocenters. The molecular weight excluding hydrogens is 372 g/mol. The van der Waals surface area contributed by atoms with E-state index in [0.717, 1.165) is 25.9 Å². The Kier molecular flexibility index (Phi) is 7.20. The summed E-state index contributed by atoms with van der Waals surface area (Å²) in [6.07, 6.45) is 1.65. The quantitative estimate of drug-likeness (QED) is 0.817. The van der Waals surface area contributed by atoms with Crippen molar-refractivity contribution in [3.8, 4) is 0 Å². The fourth-order valence-electron chi connectivity index (χ4n) is 3.00. The molecule has 26 heavy (non-hydrogen) atoms. The van der Waals surface area contributed by atoms with Crippen LogP contribution in [0.1, 0.15) is 18.4 Å². The molecule has 3 rings (SSSR count). The second-order valence-electron chi connectivity index (χ2n) is 6.29. The highest BCUT2D eigenvalue weighted by molar-refractivity contribution is 7.90. The number of anilines is 1. The Morgan fingerprint density at radius 3 is 2.42 bits per heavy atom. The zero-order valence-corrected chi connectivity index (χ0v) is 16.0. The number of nitrogens with one attached hydrogen (secondary N) is 2. The third-order valence-electron chi connectivity index (χ3n) is 4.36. The van der Waals surface area contributed by atoms with Gasteiger partial charge in [0.15, 0.2) is 9.84 Å². The Balaban J connectivity index is 0.00000243. The zero-order valence-electron chi connectivity index (χ0n) is 14.4. The lowest BCUT2D eigenvalue weighted by molar-refractivity contribution is -0.120. The third-order valence-corrected chi connectivity index (χ3v) is 6.07. The molecule has 0 aliphatic carbocycles. The maximum absolute atomic E-state index is 12.5. The second-order valence-corrected chi connectivity index (χ2v) is 8.28. The molecule has 1 heterocycles. The molecule has 1 saturated heterocycles. The van der Waals surface area contributed by atoms with Crippen LogP contribution >= 0.6 is 12.4 Å². The molecule has 0 bridgehead atoms. The largest absolute Gasteiger partial charge is 0.326 e. The van der Waals surface area contributed by atoms with Crippen molar-refractivity contribution in [3.63, 3.8) is 0 Å². The van der Waals surface area contributed by atoms with Crippen LogP contribution in [0.2, 0.25) is 0 Å². The van der Waals surface area contributed by atoms with Crippen LogP contribution in [0, 0.1) is 5.92 Å². The highest BCUT2D eigenvalue weighted by atomic mass is 35.5. The molecule has 2 aromatic carbocycles. The predicted molar refractivity (Wildman–Crippen MR) is 105 cm³/mol. The summed E-state index contributed by atoms with van der Waals surface area (Å²) in [4.78, 5) is 12.6. The van der Waals surface area contributed by atoms with Crippen LogP contribution in [0.5, 0.6) is 0 Å². The number of carbonyl (C=O) groups excluding carboxylic acids is 1. The summed E-state index contributed by atoms with van der Waals surface area (Å²) >= 11 is 0. The smallest absolute Gasteiger partial charge is 0.227 e. The number of piperidine rings is 1. The van der Waals surface area contributed by atoms with Gasteiger partial charge in [0, 0.05) is 11.6 Å². The minimum atomic E-state index is -3.40. The van der Waals surface area contributed by atoms with E-state index in [1.54, 1.807) is 54.6 Å². The van der Waals surface area contributed by atoms with Crippen LogP contribution in [0.15, 0.2) is 59.5 Å². The lowest BCUT2D eigenvalue weighted by Crippen LogP contribution is -2.34. The van der Waals surface area contributed by atoms with Crippen molar-refractivity contribution in [2.24, 2.45) is 5.92 Å². The molecule has 140 valence electrons. The Bertz CT molecular complexity index is 835. The van der Waals surface area contributed by atoms with Crippen molar-refractivity contribution in [2.75, 3.05) is 18.4 Å². The summed E-state index contributed by atoms with van der Waals surface area (Å²) in [5.74, 6) is -0.0730. The first-order valence-electron chi connectivity index (χ1n) is 8.43. The first-order valence-corrected chi connectivity index (χ1v) is 10.1. The minimum absolute atomic E-state index is 0. The lowest BCUT2D eigenvalue weighted by Gasteiger charge is -2.21. The van der Waals surface area contributed by atoms with Gasteiger partial charge in [-0.2, -0.15) is 0 Å². The van der Waals surface area contributed by atoms with E-state index in [4.69, 9.17) is 0 Å². The van der Waals surface area contributed by atoms with Crippen molar-refractivity contribution < 1.29 is 13.2 Å². The molecule has 0 atom stereocenters. The summed E-state index contributed by atoms with van der Waals surface area (Å²) < 4.78 is 25.0. The summed E-state index contributed by atoms with van der Waals surface area (Å²) in [7, 11) is -3.40. The predicted octanol–water partition coefficient (Wildman–Crippen LogP) is 3.02. The molecule has 1 amide bonds. The van der Waals surface area contributed by atoms with Gasteiger partial charge in [-0.3, -0.25) is 4.79 Å². The third kappa shape index (κ3) is 5.30. The molecule has 1 fully saturated rings. The van der Waals surface area contributed by atoms with Gasteiger partial charge in [0.2, 0.25) is 5.91 Å². The van der Waals surface area contributed by atoms with Crippen molar-refractivity contribution in [1.82, 2.24) is 5.32 Å². The number of sulfone groups is 1. The average molecular weight is 395 g/mol. The molecule has 0 aromatic heterocycles. The molecule has 0 spiro atoms. The van der Waals surface area contributed by atoms with Crippen LogP contribution < -0.4 is 10.6 Å². The van der Waals surface area contributed by atoms with E-state index in [-0.39, 0.29) is 30.0 Å². The number of hydrogen-bond acceptors (Lipinski definition) is 4. The Morgan fingerprint density at radius 2 is 1.73 bits per heavy atom. The first kappa shape index (κ1) is 20.4. The van der Waals surface area contributed by atoms with E-state index in [1.807, 2.05) is 0 Å². The molecule has 1 aliphatic rings.